The van der Waals surface area contributed by atoms with Crippen molar-refractivity contribution in [2.45, 2.75) is 19.3 Å². The van der Waals surface area contributed by atoms with E-state index in [1.807, 2.05) is 6.07 Å². The molecule has 0 aliphatic carbocycles. The summed E-state index contributed by atoms with van der Waals surface area (Å²) in [5.74, 6) is -0.932. The van der Waals surface area contributed by atoms with Crippen LogP contribution in [0.1, 0.15) is 24.8 Å². The number of allylic oxidation sites excluding steroid dienone is 1. The Hall–Kier alpha value is -1.85. The van der Waals surface area contributed by atoms with Crippen LogP contribution in [0.15, 0.2) is 35.5 Å². The molecule has 6 heteroatoms. The van der Waals surface area contributed by atoms with Gasteiger partial charge in [0.1, 0.15) is 6.61 Å². The Morgan fingerprint density at radius 3 is 2.86 bits per heavy atom. The maximum absolute atomic E-state index is 12.3. The summed E-state index contributed by atoms with van der Waals surface area (Å²) < 4.78 is 10.1. The van der Waals surface area contributed by atoms with Gasteiger partial charge in [-0.15, -0.1) is 0 Å². The highest BCUT2D eigenvalue weighted by atomic mass is 35.5. The van der Waals surface area contributed by atoms with E-state index in [-0.39, 0.29) is 24.9 Å². The lowest BCUT2D eigenvalue weighted by Crippen LogP contribution is -2.34. The molecule has 1 N–H and O–H groups in total. The molecular formula is C16H18ClNO4. The average molecular weight is 324 g/mol. The van der Waals surface area contributed by atoms with Gasteiger partial charge in [-0.2, -0.15) is 0 Å². The minimum atomic E-state index is -0.445. The Bertz CT molecular complexity index is 612. The molecule has 1 aliphatic rings. The standard InChI is InChI=1S/C16H18ClNO4/c1-10-15(16(20)22-7-6-21-2)13(9-14(19)18-10)11-4-3-5-12(17)8-11/h3-5,8,13H,6-7,9H2,1-2H3,(H,18,19)/t13-/m0/s1. The smallest absolute Gasteiger partial charge is 0.336 e. The SMILES string of the molecule is COCCOC(=O)C1=C(C)NC(=O)C[C@H]1c1cccc(Cl)c1. The Balaban J connectivity index is 2.30. The zero-order chi connectivity index (χ0) is 16.1. The van der Waals surface area contributed by atoms with Crippen molar-refractivity contribution in [1.82, 2.24) is 5.32 Å². The number of esters is 1. The first-order valence-electron chi connectivity index (χ1n) is 6.95. The maximum Gasteiger partial charge on any atom is 0.336 e. The number of nitrogens with one attached hydrogen (secondary N) is 1. The number of ether oxygens (including phenoxy) is 2. The number of carbonyl (C=O) groups excluding carboxylic acids is 2. The van der Waals surface area contributed by atoms with Crippen LogP contribution in [0, 0.1) is 0 Å². The van der Waals surface area contributed by atoms with Crippen molar-refractivity contribution >= 4 is 23.5 Å². The number of rotatable bonds is 5. The zero-order valence-corrected chi connectivity index (χ0v) is 13.3. The molecule has 1 aliphatic heterocycles. The van der Waals surface area contributed by atoms with Gasteiger partial charge in [0.15, 0.2) is 0 Å². The molecule has 118 valence electrons. The molecule has 0 unspecified atom stereocenters. The number of methoxy groups -OCH3 is 1. The molecule has 1 aromatic carbocycles. The molecule has 1 heterocycles. The number of hydrogen-bond acceptors (Lipinski definition) is 4. The minimum absolute atomic E-state index is 0.129. The van der Waals surface area contributed by atoms with Crippen LogP contribution in [0.2, 0.25) is 5.02 Å². The van der Waals surface area contributed by atoms with Crippen LogP contribution in [-0.4, -0.2) is 32.2 Å². The van der Waals surface area contributed by atoms with Crippen molar-refractivity contribution in [2.75, 3.05) is 20.3 Å². The van der Waals surface area contributed by atoms with E-state index in [2.05, 4.69) is 5.32 Å². The largest absolute Gasteiger partial charge is 0.460 e. The van der Waals surface area contributed by atoms with Crippen LogP contribution in [0.4, 0.5) is 0 Å². The van der Waals surface area contributed by atoms with Gasteiger partial charge in [-0.25, -0.2) is 4.79 Å². The van der Waals surface area contributed by atoms with Gasteiger partial charge in [0.2, 0.25) is 5.91 Å². The molecule has 0 bridgehead atoms. The second kappa shape index (κ2) is 7.42. The Morgan fingerprint density at radius 1 is 1.41 bits per heavy atom. The fourth-order valence-electron chi connectivity index (χ4n) is 2.47. The van der Waals surface area contributed by atoms with Gasteiger partial charge < -0.3 is 14.8 Å². The van der Waals surface area contributed by atoms with E-state index in [0.717, 1.165) is 5.56 Å². The van der Waals surface area contributed by atoms with Gasteiger partial charge in [-0.1, -0.05) is 23.7 Å². The third kappa shape index (κ3) is 3.87. The highest BCUT2D eigenvalue weighted by Crippen LogP contribution is 2.34. The van der Waals surface area contributed by atoms with Gasteiger partial charge in [0, 0.05) is 30.2 Å². The molecule has 0 spiro atoms. The zero-order valence-electron chi connectivity index (χ0n) is 12.5. The predicted molar refractivity (Wildman–Crippen MR) is 82.5 cm³/mol. The topological polar surface area (TPSA) is 64.6 Å². The Kier molecular flexibility index (Phi) is 5.57. The molecule has 1 atom stereocenters. The van der Waals surface area contributed by atoms with Crippen molar-refractivity contribution in [1.29, 1.82) is 0 Å². The number of hydrogen-bond donors (Lipinski definition) is 1. The number of benzene rings is 1. The lowest BCUT2D eigenvalue weighted by Gasteiger charge is -2.26. The van der Waals surface area contributed by atoms with Gasteiger partial charge >= 0.3 is 5.97 Å². The third-order valence-corrected chi connectivity index (χ3v) is 3.70. The first-order valence-corrected chi connectivity index (χ1v) is 7.33. The van der Waals surface area contributed by atoms with Crippen LogP contribution >= 0.6 is 11.6 Å². The van der Waals surface area contributed by atoms with Crippen LogP contribution in [0.25, 0.3) is 0 Å². The van der Waals surface area contributed by atoms with E-state index in [1.165, 1.54) is 7.11 Å². The summed E-state index contributed by atoms with van der Waals surface area (Å²) in [4.78, 5) is 24.2. The highest BCUT2D eigenvalue weighted by molar-refractivity contribution is 6.30. The molecule has 0 saturated heterocycles. The number of carbonyl (C=O) groups is 2. The summed E-state index contributed by atoms with van der Waals surface area (Å²) in [5, 5.41) is 3.25. The summed E-state index contributed by atoms with van der Waals surface area (Å²) in [5.41, 5.74) is 1.79. The third-order valence-electron chi connectivity index (χ3n) is 3.46. The van der Waals surface area contributed by atoms with Gasteiger partial charge in [0.25, 0.3) is 0 Å². The average Bonchev–Trinajstić information content (AvgIpc) is 2.46. The lowest BCUT2D eigenvalue weighted by atomic mass is 9.84. The fraction of sp³-hybridized carbons (Fsp3) is 0.375. The van der Waals surface area contributed by atoms with Crippen molar-refractivity contribution < 1.29 is 19.1 Å². The summed E-state index contributed by atoms with van der Waals surface area (Å²) in [7, 11) is 1.54. The van der Waals surface area contributed by atoms with Crippen molar-refractivity contribution in [2.24, 2.45) is 0 Å². The highest BCUT2D eigenvalue weighted by Gasteiger charge is 2.32. The Morgan fingerprint density at radius 2 is 2.18 bits per heavy atom. The molecule has 1 amide bonds. The van der Waals surface area contributed by atoms with Crippen LogP contribution in [-0.2, 0) is 19.1 Å². The van der Waals surface area contributed by atoms with Crippen molar-refractivity contribution in [3.63, 3.8) is 0 Å². The van der Waals surface area contributed by atoms with Crippen LogP contribution in [0.3, 0.4) is 0 Å². The summed E-state index contributed by atoms with van der Waals surface area (Å²) >= 11 is 6.02. The molecule has 2 rings (SSSR count). The maximum atomic E-state index is 12.3. The minimum Gasteiger partial charge on any atom is -0.460 e. The molecule has 0 fully saturated rings. The first-order chi connectivity index (χ1) is 10.5. The van der Waals surface area contributed by atoms with Gasteiger partial charge in [0.05, 0.1) is 12.2 Å². The molecule has 0 radical (unpaired) electrons. The fourth-order valence-corrected chi connectivity index (χ4v) is 2.67. The second-order valence-electron chi connectivity index (χ2n) is 5.03. The number of amides is 1. The summed E-state index contributed by atoms with van der Waals surface area (Å²) in [6.07, 6.45) is 0.187. The first kappa shape index (κ1) is 16.5. The monoisotopic (exact) mass is 323 g/mol. The molecular weight excluding hydrogens is 306 g/mol. The van der Waals surface area contributed by atoms with E-state index in [9.17, 15) is 9.59 Å². The van der Waals surface area contributed by atoms with Crippen LogP contribution < -0.4 is 5.32 Å². The van der Waals surface area contributed by atoms with Crippen LogP contribution in [0.5, 0.6) is 0 Å². The normalized spacial score (nSPS) is 18.1. The predicted octanol–water partition coefficient (Wildman–Crippen LogP) is 2.41. The van der Waals surface area contributed by atoms with E-state index in [4.69, 9.17) is 21.1 Å². The van der Waals surface area contributed by atoms with E-state index in [1.54, 1.807) is 25.1 Å². The van der Waals surface area contributed by atoms with Crippen molar-refractivity contribution in [3.05, 3.63) is 46.1 Å². The quantitative estimate of drug-likeness (QED) is 0.667. The lowest BCUT2D eigenvalue weighted by molar-refractivity contribution is -0.140. The van der Waals surface area contributed by atoms with Crippen molar-refractivity contribution in [3.8, 4) is 0 Å². The second-order valence-corrected chi connectivity index (χ2v) is 5.46. The molecule has 0 aromatic heterocycles. The Labute approximate surface area is 134 Å². The van der Waals surface area contributed by atoms with Gasteiger partial charge in [-0.3, -0.25) is 4.79 Å². The van der Waals surface area contributed by atoms with Gasteiger partial charge in [-0.05, 0) is 24.6 Å². The molecule has 22 heavy (non-hydrogen) atoms. The van der Waals surface area contributed by atoms with E-state index < -0.39 is 5.97 Å². The summed E-state index contributed by atoms with van der Waals surface area (Å²) in [6.45, 7) is 2.19. The number of halogens is 1. The molecule has 0 saturated carbocycles. The molecule has 5 nitrogen and oxygen atoms in total. The van der Waals surface area contributed by atoms with E-state index >= 15 is 0 Å². The van der Waals surface area contributed by atoms with E-state index in [0.29, 0.717) is 22.9 Å². The molecule has 1 aromatic rings. The summed E-state index contributed by atoms with van der Waals surface area (Å²) in [6, 6.07) is 7.17.